The first-order valence-electron chi connectivity index (χ1n) is 28.5. The fourth-order valence-corrected chi connectivity index (χ4v) is 15.5. The molecule has 11 rings (SSSR count). The van der Waals surface area contributed by atoms with E-state index in [0.29, 0.717) is 11.1 Å². The van der Waals surface area contributed by atoms with Gasteiger partial charge >= 0.3 is 41.2 Å². The number of aromatic carboxylic acids is 1. The van der Waals surface area contributed by atoms with E-state index in [-0.39, 0.29) is 42.0 Å². The molecule has 33 heteroatoms. The van der Waals surface area contributed by atoms with Gasteiger partial charge in [-0.05, 0) is 92.5 Å². The molecule has 1 saturated heterocycles. The molecule has 1 aromatic heterocycles. The van der Waals surface area contributed by atoms with Crippen LogP contribution >= 0.6 is 23.5 Å². The van der Waals surface area contributed by atoms with Crippen molar-refractivity contribution >= 4 is 58.4 Å². The summed E-state index contributed by atoms with van der Waals surface area (Å²) in [6.45, 7) is 3.26. The number of rotatable bonds is 20. The monoisotopic (exact) mass is 1300 g/mol. The number of anilines is 1. The Labute approximate surface area is 510 Å². The van der Waals surface area contributed by atoms with Gasteiger partial charge in [0.05, 0.1) is 40.9 Å². The minimum atomic E-state index is -5.85. The molecule has 6 atom stereocenters. The highest BCUT2D eigenvalue weighted by atomic mass is 31.3. The summed E-state index contributed by atoms with van der Waals surface area (Å²) in [5, 5.41) is 30.4. The molecule has 0 radical (unpaired) electrons. The van der Waals surface area contributed by atoms with Crippen LogP contribution in [0.2, 0.25) is 0 Å². The number of carbonyl (C=O) groups excluding carboxylic acids is 2. The number of phosphoric acid groups is 3. The van der Waals surface area contributed by atoms with Gasteiger partial charge in [-0.2, -0.15) is 8.62 Å². The third kappa shape index (κ3) is 13.7. The van der Waals surface area contributed by atoms with Gasteiger partial charge in [0.1, 0.15) is 55.4 Å². The summed E-state index contributed by atoms with van der Waals surface area (Å²) in [4.78, 5) is 120. The number of aromatic nitrogens is 2. The molecule has 8 N–H and O–H groups in total. The number of phosphoric ester groups is 1. The van der Waals surface area contributed by atoms with Crippen LogP contribution in [0.25, 0.3) is 5.57 Å². The van der Waals surface area contributed by atoms with Gasteiger partial charge in [-0.3, -0.25) is 33.8 Å². The second-order valence-electron chi connectivity index (χ2n) is 22.0. The zero-order valence-electron chi connectivity index (χ0n) is 48.2. The Morgan fingerprint density at radius 1 is 0.900 bits per heavy atom. The van der Waals surface area contributed by atoms with Crippen molar-refractivity contribution in [2.24, 2.45) is 0 Å². The molecule has 476 valence electrons. The number of alkyl carbamates (subject to hydrolysis) is 1. The Balaban J connectivity index is 0.767. The highest BCUT2D eigenvalue weighted by molar-refractivity contribution is 7.66. The number of benzene rings is 4. The number of aryl methyl sites for hydroxylation is 2. The molecule has 7 heterocycles. The van der Waals surface area contributed by atoms with E-state index < -0.39 is 101 Å². The van der Waals surface area contributed by atoms with Gasteiger partial charge in [-0.15, -0.1) is 0 Å². The first-order valence-corrected chi connectivity index (χ1v) is 33.1. The molecule has 5 aromatic rings. The van der Waals surface area contributed by atoms with E-state index in [9.17, 15) is 62.7 Å². The van der Waals surface area contributed by atoms with Gasteiger partial charge < -0.3 is 63.9 Å². The van der Waals surface area contributed by atoms with Crippen molar-refractivity contribution in [2.75, 3.05) is 58.1 Å². The summed E-state index contributed by atoms with van der Waals surface area (Å²) >= 11 is 0. The summed E-state index contributed by atoms with van der Waals surface area (Å²) in [5.74, 6) is 4.67. The Bertz CT molecular complexity index is 4280. The Morgan fingerprint density at radius 3 is 2.39 bits per heavy atom. The average Bonchev–Trinajstić information content (AvgIpc) is 0.799. The summed E-state index contributed by atoms with van der Waals surface area (Å²) < 4.78 is 79.5. The second kappa shape index (κ2) is 25.9. The number of methoxy groups -OCH3 is 1. The van der Waals surface area contributed by atoms with E-state index in [1.807, 2.05) is 0 Å². The maximum atomic E-state index is 14.0. The van der Waals surface area contributed by atoms with Gasteiger partial charge in [0.2, 0.25) is 5.36 Å². The number of nitrogens with zero attached hydrogens (tertiary/aromatic N) is 4. The first-order chi connectivity index (χ1) is 42.9. The predicted molar refractivity (Wildman–Crippen MR) is 314 cm³/mol. The lowest BCUT2D eigenvalue weighted by atomic mass is 9.81. The molecule has 0 bridgehead atoms. The van der Waals surface area contributed by atoms with Gasteiger partial charge in [0.25, 0.3) is 17.2 Å². The van der Waals surface area contributed by atoms with E-state index in [0.717, 1.165) is 127 Å². The lowest BCUT2D eigenvalue weighted by Crippen LogP contribution is -2.45. The molecular formula is C57H61N7O23P3+. The molecule has 6 aliphatic rings. The number of nitro benzene ring substituents is 1. The third-order valence-electron chi connectivity index (χ3n) is 16.2. The molecule has 1 fully saturated rings. The number of carbonyl (C=O) groups is 3. The molecule has 6 aliphatic heterocycles. The molecule has 90 heavy (non-hydrogen) atoms. The SMILES string of the molecule is COCO[C@H]1C[C@H](n2cc(C#CCNC(=O)OC(C)c3cc(CNC(=O)c4ccc(C5=c6cc7c8c(c6Oc6c5cc5c9c6CCCN9CCC5)CCC[N+]=8CCC7)c(C(=O)O)c4)ccc3[N+](=O)[O-])c(=O)[nH]c2=O)O[C@@H]1COP(=O)(O)OP(=O)(O)OP(=O)(O)O. The van der Waals surface area contributed by atoms with Gasteiger partial charge in [-0.1, -0.05) is 24.0 Å². The molecule has 0 spiro atoms. The quantitative estimate of drug-likeness (QED) is 0.0134. The number of nitrogens with one attached hydrogen (secondary N) is 3. The summed E-state index contributed by atoms with van der Waals surface area (Å²) in [6, 6.07) is 13.0. The molecular weight excluding hydrogens is 1240 g/mol. The van der Waals surface area contributed by atoms with E-state index in [4.69, 9.17) is 38.0 Å². The van der Waals surface area contributed by atoms with Crippen molar-refractivity contribution in [1.82, 2.24) is 24.8 Å². The van der Waals surface area contributed by atoms with Crippen LogP contribution in [-0.2, 0) is 78.0 Å². The van der Waals surface area contributed by atoms with Crippen molar-refractivity contribution in [1.29, 1.82) is 0 Å². The Kier molecular flexibility index (Phi) is 18.4. The number of amides is 2. The molecule has 2 amide bonds. The fraction of sp³-hybridized carbons (Fsp3) is 0.404. The Morgan fingerprint density at radius 2 is 1.64 bits per heavy atom. The highest BCUT2D eigenvalue weighted by Crippen LogP contribution is 2.66. The van der Waals surface area contributed by atoms with E-state index >= 15 is 0 Å². The fourth-order valence-electron chi connectivity index (χ4n) is 12.5. The maximum absolute atomic E-state index is 14.0. The Hall–Kier alpha value is -7.71. The van der Waals surface area contributed by atoms with Gasteiger partial charge in [0.15, 0.2) is 0 Å². The number of nitro groups is 1. The third-order valence-corrected chi connectivity index (χ3v) is 20.0. The summed E-state index contributed by atoms with van der Waals surface area (Å²) in [7, 11) is -15.9. The van der Waals surface area contributed by atoms with Crippen LogP contribution in [0, 0.1) is 22.0 Å². The van der Waals surface area contributed by atoms with Crippen LogP contribution < -0.4 is 46.7 Å². The molecule has 0 saturated carbocycles. The van der Waals surface area contributed by atoms with Crippen LogP contribution in [-0.4, -0.2) is 123 Å². The first kappa shape index (κ1) is 63.8. The van der Waals surface area contributed by atoms with Crippen molar-refractivity contribution in [2.45, 2.75) is 95.8 Å². The smallest absolute Gasteiger partial charge is 0.478 e. The number of fused-ring (bicyclic) bond motifs is 4. The number of aromatic amines is 1. The second-order valence-corrected chi connectivity index (χ2v) is 26.4. The number of carboxylic acid groups (broad SMARTS) is 1. The summed E-state index contributed by atoms with van der Waals surface area (Å²) in [6.07, 6.45) is 2.03. The normalized spacial score (nSPS) is 19.7. The van der Waals surface area contributed by atoms with Crippen LogP contribution in [0.5, 0.6) is 11.5 Å². The van der Waals surface area contributed by atoms with Crippen molar-refractivity contribution in [3.8, 4) is 23.3 Å². The van der Waals surface area contributed by atoms with E-state index in [1.165, 1.54) is 60.5 Å². The number of H-pyrrole nitrogens is 1. The largest absolute Gasteiger partial charge is 0.490 e. The minimum absolute atomic E-state index is 0.0418. The van der Waals surface area contributed by atoms with Crippen LogP contribution in [0.15, 0.2) is 64.3 Å². The zero-order chi connectivity index (χ0) is 64.0. The van der Waals surface area contributed by atoms with Crippen molar-refractivity contribution in [3.05, 3.63) is 157 Å². The van der Waals surface area contributed by atoms with Gasteiger partial charge in [-0.25, -0.2) is 32.7 Å². The van der Waals surface area contributed by atoms with Crippen molar-refractivity contribution in [3.63, 3.8) is 0 Å². The van der Waals surface area contributed by atoms with Crippen LogP contribution in [0.4, 0.5) is 16.2 Å². The van der Waals surface area contributed by atoms with E-state index in [1.54, 1.807) is 12.1 Å². The topological polar surface area (TPSA) is 406 Å². The maximum Gasteiger partial charge on any atom is 0.490 e. The zero-order valence-corrected chi connectivity index (χ0v) is 50.9. The van der Waals surface area contributed by atoms with Crippen molar-refractivity contribution < 1.29 is 94.5 Å². The molecule has 4 aromatic carbocycles. The minimum Gasteiger partial charge on any atom is -0.478 e. The number of hydrogen-bond donors (Lipinski definition) is 8. The lowest BCUT2D eigenvalue weighted by molar-refractivity contribution is -0.386. The number of hydrogen-bond acceptors (Lipinski definition) is 19. The predicted octanol–water partition coefficient (Wildman–Crippen LogP) is 3.97. The van der Waals surface area contributed by atoms with Crippen LogP contribution in [0.1, 0.15) is 122 Å². The number of carboxylic acids is 1. The lowest BCUT2D eigenvalue weighted by Gasteiger charge is -2.39. The van der Waals surface area contributed by atoms with Crippen LogP contribution in [0.3, 0.4) is 0 Å². The summed E-state index contributed by atoms with van der Waals surface area (Å²) in [5.41, 5.74) is 5.53. The average molecular weight is 1310 g/mol. The molecule has 3 unspecified atom stereocenters. The highest BCUT2D eigenvalue weighted by Gasteiger charge is 2.44. The molecule has 0 aliphatic carbocycles. The number of ether oxygens (including phenoxy) is 5. The molecule has 30 nitrogen and oxygen atoms in total. The van der Waals surface area contributed by atoms with E-state index in [2.05, 4.69) is 57.7 Å². The van der Waals surface area contributed by atoms with Gasteiger partial charge in [0, 0.05) is 97.0 Å². The standard InChI is InChI=1S/C57H60N7O23P3/c1-31(83-57(70)58-17-3-8-36-28-63(56(69)60-54(36)66)47-26-45(81-30-80-2)46(84-47)29-82-89(76,77)87-90(78,79)86-88(73,74)75)40-22-32(13-16-44(40)64(71)72)27-59-53(65)35-14-15-37(41(25-35)55(67)68)48-42-23-33-9-4-18-61-20-6-11-38(49(33)61)51(42)85-52-39-12-7-21-62-19-5-10-34(50(39)62)24-43(48)52/h13-16,22-25,28,31,45-47H,4-7,9-12,17-21,26-27,29-30H2,1-2H3,(H7-,58,59,60,65,66,67,68,69,70,73,74,75,76,77,78,79)/p+1/t31?,45-,46+,47+/m0/s1.